The Labute approximate surface area is 127 Å². The summed E-state index contributed by atoms with van der Waals surface area (Å²) in [5.41, 5.74) is 4.77. The molecule has 100 valence electrons. The number of benzene rings is 2. The first kappa shape index (κ1) is 14.6. The van der Waals surface area contributed by atoms with Gasteiger partial charge in [0, 0.05) is 15.1 Å². The maximum Gasteiger partial charge on any atom is 0.106 e. The van der Waals surface area contributed by atoms with Crippen molar-refractivity contribution in [2.75, 3.05) is 0 Å². The second-order valence-electron chi connectivity index (χ2n) is 4.84. The Morgan fingerprint density at radius 2 is 1.68 bits per heavy atom. The van der Waals surface area contributed by atoms with Gasteiger partial charge in [-0.25, -0.2) is 0 Å². The molecule has 0 fully saturated rings. The highest BCUT2D eigenvalue weighted by Crippen LogP contribution is 2.33. The predicted octanol–water partition coefficient (Wildman–Crippen LogP) is 5.11. The molecule has 0 amide bonds. The topological polar surface area (TPSA) is 20.2 Å². The van der Waals surface area contributed by atoms with E-state index in [0.29, 0.717) is 5.02 Å². The van der Waals surface area contributed by atoms with Gasteiger partial charge in [0.15, 0.2) is 0 Å². The summed E-state index contributed by atoms with van der Waals surface area (Å²) in [6.07, 6.45) is -0.695. The molecule has 0 aliphatic heterocycles. The summed E-state index contributed by atoms with van der Waals surface area (Å²) in [5.74, 6) is 0. The maximum absolute atomic E-state index is 10.6. The van der Waals surface area contributed by atoms with E-state index in [1.54, 1.807) is 0 Å². The Kier molecular flexibility index (Phi) is 4.34. The van der Waals surface area contributed by atoms with Crippen LogP contribution in [0.25, 0.3) is 0 Å². The fraction of sp³-hybridized carbons (Fsp3) is 0.250. The van der Waals surface area contributed by atoms with Gasteiger partial charge in [-0.2, -0.15) is 0 Å². The molecule has 0 saturated carbocycles. The first-order valence-electron chi connectivity index (χ1n) is 6.11. The normalized spacial score (nSPS) is 12.5. The number of aryl methyl sites for hydroxylation is 3. The minimum absolute atomic E-state index is 0.634. The lowest BCUT2D eigenvalue weighted by Crippen LogP contribution is -2.04. The minimum atomic E-state index is -0.695. The third-order valence-corrected chi connectivity index (χ3v) is 4.73. The molecule has 1 atom stereocenters. The van der Waals surface area contributed by atoms with Gasteiger partial charge >= 0.3 is 0 Å². The molecule has 2 aromatic rings. The lowest BCUT2D eigenvalue weighted by atomic mass is 9.95. The molecule has 1 nitrogen and oxygen atoms in total. The zero-order valence-electron chi connectivity index (χ0n) is 11.2. The Hall–Kier alpha value is -0.830. The van der Waals surface area contributed by atoms with E-state index in [4.69, 9.17) is 11.6 Å². The highest BCUT2D eigenvalue weighted by atomic mass is 79.9. The van der Waals surface area contributed by atoms with Crippen molar-refractivity contribution >= 4 is 27.5 Å². The zero-order chi connectivity index (χ0) is 14.2. The second kappa shape index (κ2) is 5.66. The molecular formula is C16H16BrClO. The highest BCUT2D eigenvalue weighted by molar-refractivity contribution is 9.10. The average molecular weight is 340 g/mol. The quantitative estimate of drug-likeness (QED) is 0.806. The fourth-order valence-corrected chi connectivity index (χ4v) is 2.83. The average Bonchev–Trinajstić information content (AvgIpc) is 2.36. The van der Waals surface area contributed by atoms with E-state index in [0.717, 1.165) is 32.3 Å². The third-order valence-electron chi connectivity index (χ3n) is 3.36. The van der Waals surface area contributed by atoms with Gasteiger partial charge in [-0.1, -0.05) is 51.8 Å². The van der Waals surface area contributed by atoms with Crippen molar-refractivity contribution in [3.63, 3.8) is 0 Å². The molecule has 19 heavy (non-hydrogen) atoms. The first-order chi connectivity index (χ1) is 8.91. The maximum atomic E-state index is 10.6. The van der Waals surface area contributed by atoms with Crippen molar-refractivity contribution in [3.05, 3.63) is 67.6 Å². The smallest absolute Gasteiger partial charge is 0.106 e. The Bertz CT molecular complexity index is 622. The molecule has 1 N–H and O–H groups in total. The second-order valence-corrected chi connectivity index (χ2v) is 6.07. The van der Waals surface area contributed by atoms with Crippen LogP contribution < -0.4 is 0 Å². The molecule has 0 spiro atoms. The Morgan fingerprint density at radius 1 is 1.00 bits per heavy atom. The lowest BCUT2D eigenvalue weighted by molar-refractivity contribution is 0.219. The molecule has 0 heterocycles. The van der Waals surface area contributed by atoms with E-state index < -0.39 is 6.10 Å². The van der Waals surface area contributed by atoms with Gasteiger partial charge in [0.2, 0.25) is 0 Å². The Balaban J connectivity index is 2.53. The van der Waals surface area contributed by atoms with Crippen LogP contribution in [0.4, 0.5) is 0 Å². The van der Waals surface area contributed by atoms with Crippen molar-refractivity contribution < 1.29 is 5.11 Å². The molecule has 2 aromatic carbocycles. The molecule has 0 aromatic heterocycles. The molecule has 3 heteroatoms. The highest BCUT2D eigenvalue weighted by Gasteiger charge is 2.17. The van der Waals surface area contributed by atoms with E-state index in [9.17, 15) is 5.11 Å². The molecule has 0 radical (unpaired) electrons. The number of hydrogen-bond acceptors (Lipinski definition) is 1. The number of aliphatic hydroxyl groups is 1. The van der Waals surface area contributed by atoms with Gasteiger partial charge in [-0.05, 0) is 49.1 Å². The summed E-state index contributed by atoms with van der Waals surface area (Å²) < 4.78 is 1.05. The van der Waals surface area contributed by atoms with Crippen LogP contribution in [0.2, 0.25) is 5.02 Å². The van der Waals surface area contributed by atoms with Crippen molar-refractivity contribution in [1.29, 1.82) is 0 Å². The standard InChI is InChI=1S/C16H16BrClO/c1-9-5-4-6-12(15(9)18)16(19)13-7-11(3)14(17)8-10(13)2/h4-8,16,19H,1-3H3. The van der Waals surface area contributed by atoms with Crippen LogP contribution >= 0.6 is 27.5 Å². The van der Waals surface area contributed by atoms with Crippen LogP contribution in [0.5, 0.6) is 0 Å². The van der Waals surface area contributed by atoms with Crippen molar-refractivity contribution in [2.24, 2.45) is 0 Å². The summed E-state index contributed by atoms with van der Waals surface area (Å²) in [6, 6.07) is 9.76. The van der Waals surface area contributed by atoms with Gasteiger partial charge in [0.1, 0.15) is 6.10 Å². The van der Waals surface area contributed by atoms with Gasteiger partial charge < -0.3 is 5.11 Å². The Morgan fingerprint density at radius 3 is 2.37 bits per heavy atom. The SMILES string of the molecule is Cc1cc(C(O)c2cccc(C)c2Cl)c(C)cc1Br. The predicted molar refractivity (Wildman–Crippen MR) is 83.9 cm³/mol. The van der Waals surface area contributed by atoms with Crippen molar-refractivity contribution in [2.45, 2.75) is 26.9 Å². The van der Waals surface area contributed by atoms with E-state index in [1.165, 1.54) is 0 Å². The summed E-state index contributed by atoms with van der Waals surface area (Å²) >= 11 is 9.80. The van der Waals surface area contributed by atoms with Crippen LogP contribution in [0.1, 0.15) is 33.9 Å². The molecule has 1 unspecified atom stereocenters. The molecule has 0 aliphatic carbocycles. The summed E-state index contributed by atoms with van der Waals surface area (Å²) in [5, 5.41) is 11.2. The number of aliphatic hydroxyl groups excluding tert-OH is 1. The minimum Gasteiger partial charge on any atom is -0.384 e. The third kappa shape index (κ3) is 2.86. The molecule has 0 aliphatic rings. The van der Waals surface area contributed by atoms with Crippen LogP contribution in [-0.2, 0) is 0 Å². The number of rotatable bonds is 2. The molecule has 0 bridgehead atoms. The number of halogens is 2. The van der Waals surface area contributed by atoms with Crippen LogP contribution in [-0.4, -0.2) is 5.11 Å². The van der Waals surface area contributed by atoms with Crippen molar-refractivity contribution in [3.8, 4) is 0 Å². The van der Waals surface area contributed by atoms with E-state index in [2.05, 4.69) is 15.9 Å². The molecular weight excluding hydrogens is 324 g/mol. The van der Waals surface area contributed by atoms with Gasteiger partial charge in [-0.3, -0.25) is 0 Å². The zero-order valence-corrected chi connectivity index (χ0v) is 13.5. The summed E-state index contributed by atoms with van der Waals surface area (Å²) in [4.78, 5) is 0. The monoisotopic (exact) mass is 338 g/mol. The summed E-state index contributed by atoms with van der Waals surface area (Å²) in [7, 11) is 0. The largest absolute Gasteiger partial charge is 0.384 e. The van der Waals surface area contributed by atoms with Crippen LogP contribution in [0, 0.1) is 20.8 Å². The van der Waals surface area contributed by atoms with Gasteiger partial charge in [-0.15, -0.1) is 0 Å². The van der Waals surface area contributed by atoms with Gasteiger partial charge in [0.05, 0.1) is 0 Å². The van der Waals surface area contributed by atoms with E-state index in [-0.39, 0.29) is 0 Å². The fourth-order valence-electron chi connectivity index (χ4n) is 2.15. The van der Waals surface area contributed by atoms with E-state index >= 15 is 0 Å². The molecule has 2 rings (SSSR count). The van der Waals surface area contributed by atoms with Gasteiger partial charge in [0.25, 0.3) is 0 Å². The van der Waals surface area contributed by atoms with Crippen LogP contribution in [0.3, 0.4) is 0 Å². The first-order valence-corrected chi connectivity index (χ1v) is 7.28. The molecule has 0 saturated heterocycles. The van der Waals surface area contributed by atoms with Crippen LogP contribution in [0.15, 0.2) is 34.8 Å². The lowest BCUT2D eigenvalue weighted by Gasteiger charge is -2.18. The number of hydrogen-bond donors (Lipinski definition) is 1. The van der Waals surface area contributed by atoms with Crippen molar-refractivity contribution in [1.82, 2.24) is 0 Å². The van der Waals surface area contributed by atoms with E-state index in [1.807, 2.05) is 51.1 Å². The summed E-state index contributed by atoms with van der Waals surface area (Å²) in [6.45, 7) is 5.95.